The highest BCUT2D eigenvalue weighted by molar-refractivity contribution is 5.94. The van der Waals surface area contributed by atoms with Crippen molar-refractivity contribution in [2.75, 3.05) is 13.2 Å². The molecule has 1 fully saturated rings. The second-order valence-corrected chi connectivity index (χ2v) is 10.7. The molecule has 234 valence electrons. The lowest BCUT2D eigenvalue weighted by Gasteiger charge is -2.39. The molecule has 3 unspecified atom stereocenters. The summed E-state index contributed by atoms with van der Waals surface area (Å²) in [5.74, 6) is 0.453. The van der Waals surface area contributed by atoms with E-state index in [2.05, 4.69) is 0 Å². The Morgan fingerprint density at radius 3 is 2.45 bits per heavy atom. The molecule has 0 saturated carbocycles. The van der Waals surface area contributed by atoms with Gasteiger partial charge in [-0.25, -0.2) is 4.98 Å². The normalized spacial score (nSPS) is 26.8. The number of nitrogens with zero attached hydrogens (tertiary/aromatic N) is 3. The first kappa shape index (κ1) is 26.7. The van der Waals surface area contributed by atoms with Crippen molar-refractivity contribution in [3.8, 4) is 17.0 Å². The summed E-state index contributed by atoms with van der Waals surface area (Å²) in [5, 5.41) is 8.38. The third-order valence-corrected chi connectivity index (χ3v) is 7.67. The zero-order valence-corrected chi connectivity index (χ0v) is 26.4. The van der Waals surface area contributed by atoms with Crippen LogP contribution in [0.3, 0.4) is 0 Å². The van der Waals surface area contributed by atoms with Crippen LogP contribution in [-0.2, 0) is 17.9 Å². The van der Waals surface area contributed by atoms with Gasteiger partial charge in [0.05, 0.1) is 17.6 Å². The first-order valence-corrected chi connectivity index (χ1v) is 14.9. The summed E-state index contributed by atoms with van der Waals surface area (Å²) >= 11 is 0. The first-order valence-electron chi connectivity index (χ1n) is 17.7. The van der Waals surface area contributed by atoms with Gasteiger partial charge in [0.1, 0.15) is 18.1 Å². The number of halogens is 1. The van der Waals surface area contributed by atoms with Crippen molar-refractivity contribution in [1.82, 2.24) is 14.5 Å². The molecule has 1 saturated heterocycles. The van der Waals surface area contributed by atoms with Crippen molar-refractivity contribution < 1.29 is 16.3 Å². The minimum atomic E-state index is -1.46. The summed E-state index contributed by atoms with van der Waals surface area (Å²) in [6, 6.07) is 19.5. The fourth-order valence-corrected chi connectivity index (χ4v) is 5.39. The third-order valence-electron chi connectivity index (χ3n) is 7.67. The molecule has 1 N–H and O–H groups in total. The zero-order valence-electron chi connectivity index (χ0n) is 30.6. The van der Waals surface area contributed by atoms with Gasteiger partial charge in [0.15, 0.2) is 0 Å². The van der Waals surface area contributed by atoms with Gasteiger partial charge < -0.3 is 14.0 Å². The molecule has 1 aromatic heterocycles. The number of likely N-dealkylation sites (tertiary alicyclic amines) is 1. The van der Waals surface area contributed by atoms with E-state index >= 15 is 0 Å². The maximum Gasteiger partial charge on any atom is 0.277 e. The van der Waals surface area contributed by atoms with Gasteiger partial charge in [0, 0.05) is 36.6 Å². The molecule has 0 bridgehead atoms. The lowest BCUT2D eigenvalue weighted by molar-refractivity contribution is 0.101. The zero-order chi connectivity index (χ0) is 34.6. The predicted molar refractivity (Wildman–Crippen MR) is 181 cm³/mol. The molecule has 44 heavy (non-hydrogen) atoms. The second kappa shape index (κ2) is 15.9. The Balaban J connectivity index is 0.00000541. The molecule has 2 heterocycles. The maximum absolute atomic E-state index is 14.2. The van der Waals surface area contributed by atoms with E-state index in [1.54, 1.807) is 41.5 Å². The van der Waals surface area contributed by atoms with Crippen molar-refractivity contribution in [3.05, 3.63) is 94.3 Å². The molecular formula is C36H45ClN4O3. The molecule has 0 spiro atoms. The Labute approximate surface area is 274 Å². The van der Waals surface area contributed by atoms with Crippen LogP contribution in [0.4, 0.5) is 0 Å². The Morgan fingerprint density at radius 1 is 1.00 bits per heavy atom. The van der Waals surface area contributed by atoms with E-state index in [1.807, 2.05) is 61.5 Å². The summed E-state index contributed by atoms with van der Waals surface area (Å²) in [4.78, 5) is 20.6. The molecule has 3 aromatic carbocycles. The molecule has 4 aromatic rings. The van der Waals surface area contributed by atoms with Crippen LogP contribution >= 0.6 is 12.4 Å². The molecule has 8 heteroatoms. The molecule has 0 amide bonds. The molecule has 1 aliphatic rings. The molecule has 0 radical (unpaired) electrons. The number of ether oxygens (including phenoxy) is 2. The van der Waals surface area contributed by atoms with E-state index in [-0.39, 0.29) is 36.2 Å². The standard InChI is InChI=1S/C36H44N4O3.ClH/c1-4-42-35(37)29-20-21-33(43-25-28-16-7-5-8-17-28)30(24-29)34-36(41)40(32-19-10-9-18-31(32)38-34)23-12-6-11-22-39-26(2)14-13-15-27(39)3;/h5,7-10,16-21,24,26-27,37H,4,6,11-15,22-23,25H2,1-3H3;1H/t26-,27+;/i13D,14D,15D,26D,27D;/t13?,14?,15?,26-,27+;. The van der Waals surface area contributed by atoms with E-state index in [0.29, 0.717) is 66.9 Å². The summed E-state index contributed by atoms with van der Waals surface area (Å²) in [6.45, 7) is 6.31. The van der Waals surface area contributed by atoms with Gasteiger partial charge >= 0.3 is 0 Å². The molecule has 7 nitrogen and oxygen atoms in total. The van der Waals surface area contributed by atoms with Crippen LogP contribution in [0.5, 0.6) is 5.75 Å². The number of para-hydroxylation sites is 2. The average Bonchev–Trinajstić information content (AvgIpc) is 3.08. The number of nitrogens with one attached hydrogen (secondary N) is 1. The van der Waals surface area contributed by atoms with Crippen LogP contribution in [0.25, 0.3) is 22.3 Å². The van der Waals surface area contributed by atoms with Crippen LogP contribution < -0.4 is 10.3 Å². The third kappa shape index (κ3) is 7.88. The number of aromatic nitrogens is 2. The number of benzene rings is 3. The Hall–Kier alpha value is -3.68. The maximum atomic E-state index is 14.2. The predicted octanol–water partition coefficient (Wildman–Crippen LogP) is 7.86. The number of rotatable bonds is 12. The van der Waals surface area contributed by atoms with Gasteiger partial charge in [-0.1, -0.05) is 55.3 Å². The van der Waals surface area contributed by atoms with Gasteiger partial charge in [-0.05, 0) is 88.8 Å². The van der Waals surface area contributed by atoms with Crippen LogP contribution in [0.2, 0.25) is 0 Å². The van der Waals surface area contributed by atoms with Crippen molar-refractivity contribution in [2.24, 2.45) is 0 Å². The quantitative estimate of drug-likeness (QED) is 0.0989. The van der Waals surface area contributed by atoms with Crippen LogP contribution in [0.15, 0.2) is 77.6 Å². The topological polar surface area (TPSA) is 80.4 Å². The van der Waals surface area contributed by atoms with Crippen LogP contribution in [0.1, 0.15) is 77.2 Å². The van der Waals surface area contributed by atoms with Crippen LogP contribution in [-0.4, -0.2) is 45.5 Å². The Morgan fingerprint density at radius 2 is 1.70 bits per heavy atom. The largest absolute Gasteiger partial charge is 0.488 e. The highest BCUT2D eigenvalue weighted by Crippen LogP contribution is 2.31. The van der Waals surface area contributed by atoms with Gasteiger partial charge in [-0.2, -0.15) is 0 Å². The van der Waals surface area contributed by atoms with Crippen molar-refractivity contribution in [1.29, 1.82) is 5.41 Å². The van der Waals surface area contributed by atoms with Gasteiger partial charge in [0.25, 0.3) is 5.56 Å². The Bertz CT molecular complexity index is 1780. The SMILES string of the molecule is Cl.[2H]C1C([2H])[C@]([2H])(C)N(CCCCCn2c(=O)c(-c3cc(C(=N)OCC)ccc3OCc3ccccc3)nc3ccccc32)[C@]([2H])(C)C1[2H]. The summed E-state index contributed by atoms with van der Waals surface area (Å²) in [7, 11) is 0. The Kier molecular flexibility index (Phi) is 9.63. The lowest BCUT2D eigenvalue weighted by Crippen LogP contribution is -2.44. The molecule has 5 rings (SSSR count). The van der Waals surface area contributed by atoms with Crippen molar-refractivity contribution in [3.63, 3.8) is 0 Å². The number of unbranched alkanes of at least 4 members (excludes halogenated alkanes) is 2. The second-order valence-electron chi connectivity index (χ2n) is 10.7. The molecule has 1 aliphatic heterocycles. The minimum Gasteiger partial charge on any atom is -0.488 e. The van der Waals surface area contributed by atoms with Gasteiger partial charge in [0.2, 0.25) is 5.90 Å². The highest BCUT2D eigenvalue weighted by atomic mass is 35.5. The summed E-state index contributed by atoms with van der Waals surface area (Å²) in [6.07, 6.45) is -1.43. The minimum absolute atomic E-state index is 0. The van der Waals surface area contributed by atoms with Crippen LogP contribution in [0, 0.1) is 5.41 Å². The number of piperidine rings is 1. The van der Waals surface area contributed by atoms with E-state index in [1.165, 1.54) is 0 Å². The highest BCUT2D eigenvalue weighted by Gasteiger charge is 2.24. The van der Waals surface area contributed by atoms with Crippen molar-refractivity contribution in [2.45, 2.75) is 84.4 Å². The smallest absolute Gasteiger partial charge is 0.277 e. The van der Waals surface area contributed by atoms with E-state index in [4.69, 9.17) is 26.7 Å². The van der Waals surface area contributed by atoms with Gasteiger partial charge in [-0.15, -0.1) is 12.4 Å². The van der Waals surface area contributed by atoms with Gasteiger partial charge in [-0.3, -0.25) is 15.1 Å². The monoisotopic (exact) mass is 621 g/mol. The van der Waals surface area contributed by atoms with Crippen molar-refractivity contribution >= 4 is 29.3 Å². The summed E-state index contributed by atoms with van der Waals surface area (Å²) < 4.78 is 56.0. The summed E-state index contributed by atoms with van der Waals surface area (Å²) in [5.41, 5.74) is 3.19. The number of fused-ring (bicyclic) bond motifs is 1. The number of hydrogen-bond acceptors (Lipinski definition) is 6. The molecular weight excluding hydrogens is 572 g/mol. The fourth-order valence-electron chi connectivity index (χ4n) is 5.39. The van der Waals surface area contributed by atoms with E-state index < -0.39 is 31.2 Å². The lowest BCUT2D eigenvalue weighted by atomic mass is 9.97. The average molecular weight is 622 g/mol. The van der Waals surface area contributed by atoms with E-state index in [9.17, 15) is 4.79 Å². The number of aryl methyl sites for hydroxylation is 1. The number of hydrogen-bond donors (Lipinski definition) is 1. The fraction of sp³-hybridized carbons (Fsp3) is 0.417. The molecule has 5 atom stereocenters. The molecule has 0 aliphatic carbocycles. The first-order chi connectivity index (χ1) is 22.9. The van der Waals surface area contributed by atoms with E-state index in [0.717, 1.165) is 5.56 Å².